The molecule has 0 aliphatic carbocycles. The lowest BCUT2D eigenvalue weighted by Gasteiger charge is -2.12. The highest BCUT2D eigenvalue weighted by Crippen LogP contribution is 2.22. The zero-order chi connectivity index (χ0) is 18.7. The van der Waals surface area contributed by atoms with Crippen molar-refractivity contribution < 1.29 is 9.18 Å². The number of aryl methyl sites for hydroxylation is 2. The molecule has 0 fully saturated rings. The highest BCUT2D eigenvalue weighted by molar-refractivity contribution is 7.98. The zero-order valence-electron chi connectivity index (χ0n) is 14.4. The van der Waals surface area contributed by atoms with Crippen LogP contribution in [0.15, 0.2) is 41.7 Å². The number of aromatic nitrogens is 4. The van der Waals surface area contributed by atoms with E-state index in [1.807, 2.05) is 26.2 Å². The third-order valence-corrected chi connectivity index (χ3v) is 4.15. The summed E-state index contributed by atoms with van der Waals surface area (Å²) in [5.74, 6) is -0.460. The quantitative estimate of drug-likeness (QED) is 0.529. The van der Waals surface area contributed by atoms with Crippen LogP contribution in [0, 0.1) is 19.7 Å². The largest absolute Gasteiger partial charge is 0.288 e. The fourth-order valence-corrected chi connectivity index (χ4v) is 2.98. The van der Waals surface area contributed by atoms with Crippen LogP contribution in [-0.4, -0.2) is 31.7 Å². The molecule has 0 saturated carbocycles. The van der Waals surface area contributed by atoms with Crippen LogP contribution >= 0.6 is 11.8 Å². The molecule has 0 aliphatic rings. The van der Waals surface area contributed by atoms with Crippen molar-refractivity contribution in [3.63, 3.8) is 0 Å². The molecular formula is C17H17FN6OS. The molecular weight excluding hydrogens is 355 g/mol. The minimum absolute atomic E-state index is 0.300. The lowest BCUT2D eigenvalue weighted by molar-refractivity contribution is 0.0955. The van der Waals surface area contributed by atoms with Gasteiger partial charge in [0.05, 0.1) is 6.20 Å². The minimum atomic E-state index is -0.412. The second kappa shape index (κ2) is 7.52. The Balaban J connectivity index is 1.85. The van der Waals surface area contributed by atoms with E-state index in [0.29, 0.717) is 22.5 Å². The van der Waals surface area contributed by atoms with Crippen molar-refractivity contribution in [2.24, 2.45) is 0 Å². The van der Waals surface area contributed by atoms with Crippen LogP contribution in [0.25, 0.3) is 5.69 Å². The van der Waals surface area contributed by atoms with Crippen molar-refractivity contribution in [1.29, 1.82) is 0 Å². The highest BCUT2D eigenvalue weighted by Gasteiger charge is 2.18. The number of hydrazine groups is 1. The number of anilines is 1. The number of rotatable bonds is 5. The number of halogens is 1. The van der Waals surface area contributed by atoms with Crippen LogP contribution in [0.3, 0.4) is 0 Å². The molecule has 2 heterocycles. The Morgan fingerprint density at radius 1 is 1.15 bits per heavy atom. The minimum Gasteiger partial charge on any atom is -0.283 e. The molecule has 3 aromatic rings. The third kappa shape index (κ3) is 3.83. The first-order chi connectivity index (χ1) is 12.5. The smallest absolute Gasteiger partial charge is 0.283 e. The van der Waals surface area contributed by atoms with Crippen molar-refractivity contribution in [3.8, 4) is 5.69 Å². The first kappa shape index (κ1) is 17.9. The Kier molecular flexibility index (Phi) is 5.17. The van der Waals surface area contributed by atoms with Gasteiger partial charge in [-0.15, -0.1) is 0 Å². The SMILES string of the molecule is CSc1ncc(C(=O)NNc2nc(C)cc(C)n2)n1-c1ccc(F)cc1. The molecule has 0 saturated heterocycles. The molecule has 1 aromatic carbocycles. The van der Waals surface area contributed by atoms with Crippen LogP contribution in [0.4, 0.5) is 10.3 Å². The van der Waals surface area contributed by atoms with Crippen LogP contribution in [0.5, 0.6) is 0 Å². The van der Waals surface area contributed by atoms with Gasteiger partial charge in [-0.3, -0.25) is 20.2 Å². The highest BCUT2D eigenvalue weighted by atomic mass is 32.2. The number of thioether (sulfide) groups is 1. The van der Waals surface area contributed by atoms with E-state index >= 15 is 0 Å². The van der Waals surface area contributed by atoms with Gasteiger partial charge in [-0.05, 0) is 50.4 Å². The van der Waals surface area contributed by atoms with Crippen LogP contribution in [0.1, 0.15) is 21.9 Å². The van der Waals surface area contributed by atoms with Gasteiger partial charge in [-0.25, -0.2) is 19.3 Å². The molecule has 0 unspecified atom stereocenters. The number of nitrogens with zero attached hydrogens (tertiary/aromatic N) is 4. The Morgan fingerprint density at radius 2 is 1.81 bits per heavy atom. The summed E-state index contributed by atoms with van der Waals surface area (Å²) in [6, 6.07) is 7.69. The van der Waals surface area contributed by atoms with Gasteiger partial charge in [0.25, 0.3) is 5.91 Å². The molecule has 134 valence electrons. The van der Waals surface area contributed by atoms with Gasteiger partial charge < -0.3 is 0 Å². The van der Waals surface area contributed by atoms with Gasteiger partial charge >= 0.3 is 0 Å². The van der Waals surface area contributed by atoms with Crippen LogP contribution in [-0.2, 0) is 0 Å². The number of benzene rings is 1. The monoisotopic (exact) mass is 372 g/mol. The van der Waals surface area contributed by atoms with E-state index < -0.39 is 5.91 Å². The number of hydrogen-bond acceptors (Lipinski definition) is 6. The van der Waals surface area contributed by atoms with E-state index in [1.54, 1.807) is 16.7 Å². The Labute approximate surface area is 154 Å². The van der Waals surface area contributed by atoms with Gasteiger partial charge in [0, 0.05) is 17.1 Å². The van der Waals surface area contributed by atoms with Gasteiger partial charge in [0.15, 0.2) is 5.16 Å². The van der Waals surface area contributed by atoms with Crippen molar-refractivity contribution in [2.45, 2.75) is 19.0 Å². The van der Waals surface area contributed by atoms with Crippen molar-refractivity contribution in [3.05, 3.63) is 59.4 Å². The number of hydrogen-bond donors (Lipinski definition) is 2. The van der Waals surface area contributed by atoms with Gasteiger partial charge in [0.1, 0.15) is 11.5 Å². The molecule has 0 spiro atoms. The summed E-state index contributed by atoms with van der Waals surface area (Å²) >= 11 is 1.38. The molecule has 3 rings (SSSR count). The molecule has 7 nitrogen and oxygen atoms in total. The van der Waals surface area contributed by atoms with Crippen molar-refractivity contribution in [1.82, 2.24) is 24.9 Å². The molecule has 1 amide bonds. The van der Waals surface area contributed by atoms with Gasteiger partial charge in [-0.2, -0.15) is 0 Å². The second-order valence-electron chi connectivity index (χ2n) is 5.50. The van der Waals surface area contributed by atoms with Crippen LogP contribution in [0.2, 0.25) is 0 Å². The average molecular weight is 372 g/mol. The van der Waals surface area contributed by atoms with E-state index in [9.17, 15) is 9.18 Å². The molecule has 0 aliphatic heterocycles. The Bertz CT molecular complexity index is 921. The van der Waals surface area contributed by atoms with E-state index in [4.69, 9.17) is 0 Å². The lowest BCUT2D eigenvalue weighted by atomic mass is 10.3. The number of amides is 1. The molecule has 2 N–H and O–H groups in total. The lowest BCUT2D eigenvalue weighted by Crippen LogP contribution is -2.32. The Hall–Kier alpha value is -2.94. The number of nitrogens with one attached hydrogen (secondary N) is 2. The summed E-state index contributed by atoms with van der Waals surface area (Å²) in [5.41, 5.74) is 7.80. The van der Waals surface area contributed by atoms with Gasteiger partial charge in [0.2, 0.25) is 5.95 Å². The first-order valence-corrected chi connectivity index (χ1v) is 8.96. The predicted molar refractivity (Wildman–Crippen MR) is 97.9 cm³/mol. The average Bonchev–Trinajstić information content (AvgIpc) is 3.03. The summed E-state index contributed by atoms with van der Waals surface area (Å²) in [6.07, 6.45) is 3.32. The van der Waals surface area contributed by atoms with E-state index in [1.165, 1.54) is 30.1 Å². The summed E-state index contributed by atoms with van der Waals surface area (Å²) in [5, 5.41) is 0.615. The molecule has 0 bridgehead atoms. The Morgan fingerprint density at radius 3 is 2.42 bits per heavy atom. The summed E-state index contributed by atoms with van der Waals surface area (Å²) in [7, 11) is 0. The maximum absolute atomic E-state index is 13.2. The standard InChI is InChI=1S/C17H17FN6OS/c1-10-8-11(2)21-16(20-10)23-22-15(25)14-9-19-17(26-3)24(14)13-6-4-12(18)5-7-13/h4-9H,1-3H3,(H,22,25)(H,20,21,23). The maximum atomic E-state index is 13.2. The maximum Gasteiger partial charge on any atom is 0.288 e. The topological polar surface area (TPSA) is 84.7 Å². The number of carbonyl (C=O) groups is 1. The number of imidazole rings is 1. The second-order valence-corrected chi connectivity index (χ2v) is 6.27. The molecule has 26 heavy (non-hydrogen) atoms. The molecule has 0 radical (unpaired) electrons. The third-order valence-electron chi connectivity index (χ3n) is 3.50. The summed E-state index contributed by atoms with van der Waals surface area (Å²) in [6.45, 7) is 3.69. The molecule has 9 heteroatoms. The molecule has 0 atom stereocenters. The summed E-state index contributed by atoms with van der Waals surface area (Å²) in [4.78, 5) is 25.3. The first-order valence-electron chi connectivity index (χ1n) is 7.74. The van der Waals surface area contributed by atoms with E-state index in [2.05, 4.69) is 25.8 Å². The predicted octanol–water partition coefficient (Wildman–Crippen LogP) is 2.90. The normalized spacial score (nSPS) is 10.6. The van der Waals surface area contributed by atoms with Crippen molar-refractivity contribution >= 4 is 23.6 Å². The van der Waals surface area contributed by atoms with Crippen molar-refractivity contribution in [2.75, 3.05) is 11.7 Å². The van der Waals surface area contributed by atoms with E-state index in [0.717, 1.165) is 11.4 Å². The summed E-state index contributed by atoms with van der Waals surface area (Å²) < 4.78 is 14.9. The zero-order valence-corrected chi connectivity index (χ0v) is 15.3. The fourth-order valence-electron chi connectivity index (χ4n) is 2.44. The van der Waals surface area contributed by atoms with Crippen LogP contribution < -0.4 is 10.9 Å². The molecule has 2 aromatic heterocycles. The van der Waals surface area contributed by atoms with E-state index in [-0.39, 0.29) is 5.82 Å². The number of carbonyl (C=O) groups excluding carboxylic acids is 1. The van der Waals surface area contributed by atoms with Gasteiger partial charge in [-0.1, -0.05) is 11.8 Å². The fraction of sp³-hybridized carbons (Fsp3) is 0.176.